The fourth-order valence-corrected chi connectivity index (χ4v) is 5.45. The number of fused-ring (bicyclic) bond motifs is 1. The number of anilines is 1. The molecule has 2 heterocycles. The zero-order chi connectivity index (χ0) is 27.7. The van der Waals surface area contributed by atoms with Crippen molar-refractivity contribution in [1.82, 2.24) is 21.0 Å². The second kappa shape index (κ2) is 14.0. The van der Waals surface area contributed by atoms with Crippen LogP contribution in [0.5, 0.6) is 0 Å². The van der Waals surface area contributed by atoms with Crippen LogP contribution in [0.25, 0.3) is 0 Å². The molecule has 2 aliphatic rings. The predicted molar refractivity (Wildman–Crippen MR) is 154 cm³/mol. The second-order valence-electron chi connectivity index (χ2n) is 8.63. The minimum atomic E-state index is -0.497. The molecule has 0 bridgehead atoms. The van der Waals surface area contributed by atoms with Crippen molar-refractivity contribution in [2.75, 3.05) is 11.2 Å². The maximum absolute atomic E-state index is 12.9. The normalized spacial score (nSPS) is 18.7. The first-order valence-electron chi connectivity index (χ1n) is 12.7. The van der Waals surface area contributed by atoms with Gasteiger partial charge in [0.1, 0.15) is 0 Å². The predicted octanol–water partition coefficient (Wildman–Crippen LogP) is 5.73. The molecule has 1 aliphatic carbocycles. The monoisotopic (exact) mass is 555 g/mol. The number of amides is 3. The van der Waals surface area contributed by atoms with Gasteiger partial charge in [-0.3, -0.25) is 20.4 Å². The summed E-state index contributed by atoms with van der Waals surface area (Å²) in [4.78, 5) is 41.3. The number of aromatic nitrogens is 1. The van der Waals surface area contributed by atoms with Crippen LogP contribution < -0.4 is 21.5 Å². The third-order valence-electron chi connectivity index (χ3n) is 6.20. The van der Waals surface area contributed by atoms with Crippen molar-refractivity contribution in [2.45, 2.75) is 59.0 Å². The topological polar surface area (TPSA) is 112 Å². The highest BCUT2D eigenvalue weighted by molar-refractivity contribution is 8.14. The number of thioether (sulfide) groups is 1. The van der Waals surface area contributed by atoms with E-state index < -0.39 is 18.0 Å². The molecule has 1 fully saturated rings. The third-order valence-corrected chi connectivity index (χ3v) is 7.50. The Labute approximate surface area is 233 Å². The number of carbonyl (C=O) groups is 3. The van der Waals surface area contributed by atoms with Crippen LogP contribution in [0.4, 0.5) is 10.6 Å². The zero-order valence-electron chi connectivity index (χ0n) is 22.1. The molecule has 4 N–H and O–H groups in total. The lowest BCUT2D eigenvalue weighted by atomic mass is 9.94. The third kappa shape index (κ3) is 7.17. The van der Waals surface area contributed by atoms with E-state index in [0.717, 1.165) is 24.0 Å². The summed E-state index contributed by atoms with van der Waals surface area (Å²) in [6.07, 6.45) is 7.78. The molecule has 8 nitrogen and oxygen atoms in total. The Kier molecular flexibility index (Phi) is 10.8. The Hall–Kier alpha value is -3.30. The van der Waals surface area contributed by atoms with Crippen molar-refractivity contribution in [1.29, 1.82) is 0 Å². The lowest BCUT2D eigenvalue weighted by molar-refractivity contribution is -0.112. The first kappa shape index (κ1) is 29.3. The highest BCUT2D eigenvalue weighted by Gasteiger charge is 2.28. The molecule has 202 valence electrons. The summed E-state index contributed by atoms with van der Waals surface area (Å²) in [5, 5.41) is 5.86. The molecule has 0 saturated carbocycles. The fourth-order valence-electron chi connectivity index (χ4n) is 4.30. The van der Waals surface area contributed by atoms with E-state index in [2.05, 4.69) is 39.5 Å². The van der Waals surface area contributed by atoms with Gasteiger partial charge in [-0.2, -0.15) is 0 Å². The molecule has 3 amide bonds. The quantitative estimate of drug-likeness (QED) is 0.339. The average molecular weight is 556 g/mol. The number of nitrogens with zero attached hydrogens (tertiary/aromatic N) is 1. The summed E-state index contributed by atoms with van der Waals surface area (Å²) in [5.74, 6) is 0.461. The minimum Gasteiger partial charge on any atom is -0.341 e. The average Bonchev–Trinajstić information content (AvgIpc) is 3.28. The van der Waals surface area contributed by atoms with Crippen LogP contribution >= 0.6 is 23.4 Å². The fraction of sp³-hybridized carbons (Fsp3) is 0.357. The van der Waals surface area contributed by atoms with Gasteiger partial charge in [0.25, 0.3) is 5.91 Å². The van der Waals surface area contributed by atoms with Crippen molar-refractivity contribution in [3.05, 3.63) is 81.5 Å². The molecule has 1 aromatic carbocycles. The number of halogens is 1. The molecule has 10 heteroatoms. The van der Waals surface area contributed by atoms with Crippen LogP contribution in [0.1, 0.15) is 68.1 Å². The molecule has 0 spiro atoms. The van der Waals surface area contributed by atoms with E-state index in [0.29, 0.717) is 12.2 Å². The molecule has 4 rings (SSSR count). The molecular formula is C28H34ClN5O3S. The Balaban J connectivity index is 0.00000195. The standard InChI is InChI=1S/C26H28ClN5O3S.C2H6/c1-3-6-18-15(2)9-10-16-7-4-5-8-19(16)22(18)30-26(35)32-31-23-20(27)13-17(14-28-23)24(33)29-21-11-12-36-25(21)34;1-2/h3-8,13-14,21-22H,9-12H2,1-2H3,(H,28,31)(H,29,33)(H2,30,32,35);1-2H3/b6-3-;. The Morgan fingerprint density at radius 1 is 1.16 bits per heavy atom. The van der Waals surface area contributed by atoms with Crippen LogP contribution in [0.2, 0.25) is 5.02 Å². The van der Waals surface area contributed by atoms with E-state index in [1.54, 1.807) is 0 Å². The molecule has 38 heavy (non-hydrogen) atoms. The molecule has 2 atom stereocenters. The van der Waals surface area contributed by atoms with Crippen molar-refractivity contribution < 1.29 is 14.4 Å². The zero-order valence-corrected chi connectivity index (χ0v) is 23.6. The van der Waals surface area contributed by atoms with Crippen molar-refractivity contribution in [3.63, 3.8) is 0 Å². The summed E-state index contributed by atoms with van der Waals surface area (Å²) in [6.45, 7) is 8.05. The smallest absolute Gasteiger partial charge is 0.334 e. The summed E-state index contributed by atoms with van der Waals surface area (Å²) in [6, 6.07) is 8.29. The van der Waals surface area contributed by atoms with Gasteiger partial charge in [-0.25, -0.2) is 9.78 Å². The molecule has 1 aromatic heterocycles. The molecule has 2 unspecified atom stereocenters. The van der Waals surface area contributed by atoms with Gasteiger partial charge < -0.3 is 10.6 Å². The molecular weight excluding hydrogens is 522 g/mol. The molecule has 1 saturated heterocycles. The van der Waals surface area contributed by atoms with Crippen LogP contribution in [0, 0.1) is 0 Å². The Morgan fingerprint density at radius 2 is 1.92 bits per heavy atom. The number of hydrogen-bond donors (Lipinski definition) is 4. The van der Waals surface area contributed by atoms with E-state index >= 15 is 0 Å². The summed E-state index contributed by atoms with van der Waals surface area (Å²) >= 11 is 7.51. The Morgan fingerprint density at radius 3 is 2.61 bits per heavy atom. The lowest BCUT2D eigenvalue weighted by Gasteiger charge is -2.23. The van der Waals surface area contributed by atoms with Crippen molar-refractivity contribution in [2.24, 2.45) is 0 Å². The van der Waals surface area contributed by atoms with Crippen LogP contribution in [0.15, 0.2) is 59.8 Å². The van der Waals surface area contributed by atoms with Gasteiger partial charge in [0.2, 0.25) is 5.12 Å². The molecule has 0 radical (unpaired) electrons. The first-order chi connectivity index (χ1) is 18.4. The van der Waals surface area contributed by atoms with E-state index in [4.69, 9.17) is 11.6 Å². The van der Waals surface area contributed by atoms with E-state index in [9.17, 15) is 14.4 Å². The van der Waals surface area contributed by atoms with Crippen LogP contribution in [-0.4, -0.2) is 33.8 Å². The van der Waals surface area contributed by atoms with E-state index in [-0.39, 0.29) is 27.6 Å². The highest BCUT2D eigenvalue weighted by Crippen LogP contribution is 2.34. The minimum absolute atomic E-state index is 0.0465. The number of carbonyl (C=O) groups excluding carboxylic acids is 3. The number of hydrogen-bond acceptors (Lipinski definition) is 6. The number of urea groups is 1. The molecule has 1 aliphatic heterocycles. The van der Waals surface area contributed by atoms with Crippen LogP contribution in [-0.2, 0) is 11.2 Å². The van der Waals surface area contributed by atoms with Gasteiger partial charge in [-0.15, -0.1) is 0 Å². The summed E-state index contributed by atoms with van der Waals surface area (Å²) < 4.78 is 0. The van der Waals surface area contributed by atoms with E-state index in [1.165, 1.54) is 35.2 Å². The van der Waals surface area contributed by atoms with Gasteiger partial charge in [-0.1, -0.05) is 79.2 Å². The number of nitrogens with one attached hydrogen (secondary N) is 4. The Bertz CT molecular complexity index is 1250. The number of benzene rings is 1. The van der Waals surface area contributed by atoms with Gasteiger partial charge >= 0.3 is 6.03 Å². The number of allylic oxidation sites excluding steroid dienone is 2. The number of pyridine rings is 1. The highest BCUT2D eigenvalue weighted by atomic mass is 35.5. The van der Waals surface area contributed by atoms with Gasteiger partial charge in [0, 0.05) is 11.9 Å². The lowest BCUT2D eigenvalue weighted by Crippen LogP contribution is -2.41. The SMILES string of the molecule is C/C=C\C1=C(C)CCc2ccccc2C1NC(=O)NNc1ncc(C(=O)NC2CCSC2=O)cc1Cl.CC. The summed E-state index contributed by atoms with van der Waals surface area (Å²) in [5.41, 5.74) is 10.1. The molecule has 2 aromatic rings. The van der Waals surface area contributed by atoms with Gasteiger partial charge in [-0.05, 0) is 55.9 Å². The van der Waals surface area contributed by atoms with Gasteiger partial charge in [0.05, 0.1) is 22.7 Å². The number of hydrazine groups is 1. The maximum atomic E-state index is 12.9. The number of rotatable bonds is 6. The van der Waals surface area contributed by atoms with Gasteiger partial charge in [0.15, 0.2) is 5.82 Å². The maximum Gasteiger partial charge on any atom is 0.334 e. The van der Waals surface area contributed by atoms with Crippen molar-refractivity contribution in [3.8, 4) is 0 Å². The van der Waals surface area contributed by atoms with Crippen molar-refractivity contribution >= 4 is 46.2 Å². The summed E-state index contributed by atoms with van der Waals surface area (Å²) in [7, 11) is 0. The second-order valence-corrected chi connectivity index (χ2v) is 10.1. The van der Waals surface area contributed by atoms with E-state index in [1.807, 2.05) is 51.1 Å². The largest absolute Gasteiger partial charge is 0.341 e. The first-order valence-corrected chi connectivity index (χ1v) is 14.1. The number of aryl methyl sites for hydroxylation is 1. The van der Waals surface area contributed by atoms with Crippen LogP contribution in [0.3, 0.4) is 0 Å².